The van der Waals surface area contributed by atoms with E-state index in [1.165, 1.54) is 11.3 Å². The average molecular weight is 456 g/mol. The molecule has 0 fully saturated rings. The molecule has 3 aromatic rings. The van der Waals surface area contributed by atoms with E-state index in [1.807, 2.05) is 82.5 Å². The van der Waals surface area contributed by atoms with Crippen LogP contribution < -0.4 is 5.32 Å². The van der Waals surface area contributed by atoms with Crippen molar-refractivity contribution in [2.45, 2.75) is 59.2 Å². The zero-order valence-electron chi connectivity index (χ0n) is 18.6. The maximum absolute atomic E-state index is 13.8. The molecular formula is C24H29N3O2S2. The van der Waals surface area contributed by atoms with Crippen LogP contribution in [0.4, 0.5) is 0 Å². The number of nitrogens with one attached hydrogen (secondary N) is 1. The minimum absolute atomic E-state index is 0.171. The molecule has 164 valence electrons. The van der Waals surface area contributed by atoms with Crippen LogP contribution in [0.5, 0.6) is 0 Å². The van der Waals surface area contributed by atoms with Crippen LogP contribution >= 0.6 is 22.7 Å². The molecule has 0 saturated heterocycles. The monoisotopic (exact) mass is 455 g/mol. The van der Waals surface area contributed by atoms with Crippen LogP contribution in [0.2, 0.25) is 0 Å². The number of nitrogens with zero attached hydrogens (tertiary/aromatic N) is 2. The average Bonchev–Trinajstić information content (AvgIpc) is 3.36. The van der Waals surface area contributed by atoms with E-state index < -0.39 is 6.04 Å². The molecule has 31 heavy (non-hydrogen) atoms. The Morgan fingerprint density at radius 3 is 2.39 bits per heavy atom. The Bertz CT molecular complexity index is 1030. The van der Waals surface area contributed by atoms with E-state index in [0.717, 1.165) is 21.9 Å². The summed E-state index contributed by atoms with van der Waals surface area (Å²) in [4.78, 5) is 35.1. The van der Waals surface area contributed by atoms with E-state index in [2.05, 4.69) is 10.3 Å². The number of aryl methyl sites for hydroxylation is 2. The first-order valence-corrected chi connectivity index (χ1v) is 12.1. The molecule has 0 spiro atoms. The number of rotatable bonds is 8. The normalized spacial score (nSPS) is 12.4. The van der Waals surface area contributed by atoms with Gasteiger partial charge in [-0.2, -0.15) is 0 Å². The molecule has 0 aliphatic heterocycles. The van der Waals surface area contributed by atoms with Crippen LogP contribution in [-0.2, 0) is 11.3 Å². The van der Waals surface area contributed by atoms with E-state index in [-0.39, 0.29) is 17.4 Å². The van der Waals surface area contributed by atoms with Crippen molar-refractivity contribution in [3.63, 3.8) is 0 Å². The topological polar surface area (TPSA) is 62.3 Å². The Balaban J connectivity index is 2.08. The van der Waals surface area contributed by atoms with Crippen LogP contribution in [0.15, 0.2) is 47.8 Å². The molecule has 7 heteroatoms. The van der Waals surface area contributed by atoms with Crippen molar-refractivity contribution in [1.29, 1.82) is 0 Å². The Morgan fingerprint density at radius 1 is 1.13 bits per heavy atom. The molecule has 0 saturated carbocycles. The van der Waals surface area contributed by atoms with Crippen LogP contribution in [0.3, 0.4) is 0 Å². The van der Waals surface area contributed by atoms with Crippen molar-refractivity contribution >= 4 is 34.5 Å². The number of carbonyl (C=O) groups is 2. The van der Waals surface area contributed by atoms with Gasteiger partial charge in [-0.3, -0.25) is 9.59 Å². The molecule has 0 bridgehead atoms. The van der Waals surface area contributed by atoms with Crippen LogP contribution in [0, 0.1) is 13.8 Å². The second kappa shape index (κ2) is 9.75. The molecule has 0 aliphatic rings. The summed E-state index contributed by atoms with van der Waals surface area (Å²) in [6, 6.07) is 12.7. The molecule has 1 aromatic carbocycles. The first-order chi connectivity index (χ1) is 14.7. The summed E-state index contributed by atoms with van der Waals surface area (Å²) in [6.07, 6.45) is 0.784. The van der Waals surface area contributed by atoms with Gasteiger partial charge in [0, 0.05) is 10.4 Å². The Kier molecular flexibility index (Phi) is 7.28. The molecule has 1 N–H and O–H groups in total. The third kappa shape index (κ3) is 5.60. The third-order valence-corrected chi connectivity index (χ3v) is 7.21. The zero-order valence-corrected chi connectivity index (χ0v) is 20.3. The second-order valence-corrected chi connectivity index (χ2v) is 10.4. The molecule has 1 atom stereocenters. The van der Waals surface area contributed by atoms with Gasteiger partial charge in [-0.05, 0) is 51.1 Å². The van der Waals surface area contributed by atoms with Gasteiger partial charge in [-0.15, -0.1) is 22.7 Å². The highest BCUT2D eigenvalue weighted by Gasteiger charge is 2.35. The van der Waals surface area contributed by atoms with Crippen LogP contribution in [0.25, 0.3) is 0 Å². The number of hydrogen-bond donors (Lipinski definition) is 1. The van der Waals surface area contributed by atoms with E-state index in [9.17, 15) is 9.59 Å². The summed E-state index contributed by atoms with van der Waals surface area (Å²) in [6.45, 7) is 10.1. The van der Waals surface area contributed by atoms with Gasteiger partial charge in [-0.1, -0.05) is 43.3 Å². The summed E-state index contributed by atoms with van der Waals surface area (Å²) >= 11 is 2.95. The van der Waals surface area contributed by atoms with Gasteiger partial charge < -0.3 is 10.2 Å². The van der Waals surface area contributed by atoms with Crippen molar-refractivity contribution in [2.75, 3.05) is 0 Å². The Labute approximate surface area is 192 Å². The highest BCUT2D eigenvalue weighted by atomic mass is 32.1. The predicted octanol–water partition coefficient (Wildman–Crippen LogP) is 5.51. The van der Waals surface area contributed by atoms with E-state index in [0.29, 0.717) is 17.1 Å². The van der Waals surface area contributed by atoms with Crippen molar-refractivity contribution in [2.24, 2.45) is 0 Å². The van der Waals surface area contributed by atoms with Crippen molar-refractivity contribution in [1.82, 2.24) is 15.2 Å². The van der Waals surface area contributed by atoms with Gasteiger partial charge in [0.25, 0.3) is 5.91 Å². The van der Waals surface area contributed by atoms with E-state index in [4.69, 9.17) is 0 Å². The fourth-order valence-electron chi connectivity index (χ4n) is 3.31. The molecule has 0 aliphatic carbocycles. The minimum Gasteiger partial charge on any atom is -0.349 e. The molecule has 0 radical (unpaired) electrons. The highest BCUT2D eigenvalue weighted by molar-refractivity contribution is 7.13. The molecule has 0 unspecified atom stereocenters. The predicted molar refractivity (Wildman–Crippen MR) is 127 cm³/mol. The molecule has 2 aromatic heterocycles. The smallest absolute Gasteiger partial charge is 0.267 e. The fraction of sp³-hybridized carbons (Fsp3) is 0.375. The van der Waals surface area contributed by atoms with Crippen molar-refractivity contribution in [3.05, 3.63) is 73.9 Å². The zero-order chi connectivity index (χ0) is 22.6. The van der Waals surface area contributed by atoms with E-state index >= 15 is 0 Å². The number of hydrogen-bond acceptors (Lipinski definition) is 5. The number of thiazole rings is 1. The lowest BCUT2D eigenvalue weighted by molar-refractivity contribution is -0.127. The standard InChI is InChI=1S/C24H29N3O2S2/c1-6-24(4,5)26-22(28)20(18-11-8-7-9-12-18)27(15-19-13-10-14-30-19)23(29)21-16(2)25-17(3)31-21/h7-14,20H,6,15H2,1-5H3,(H,26,28)/t20-/m0/s1. The number of amides is 2. The molecular weight excluding hydrogens is 426 g/mol. The lowest BCUT2D eigenvalue weighted by atomic mass is 9.98. The first-order valence-electron chi connectivity index (χ1n) is 10.4. The van der Waals surface area contributed by atoms with Gasteiger partial charge in [0.1, 0.15) is 10.9 Å². The SMILES string of the molecule is CCC(C)(C)NC(=O)[C@H](c1ccccc1)N(Cc1cccs1)C(=O)c1sc(C)nc1C. The number of carbonyl (C=O) groups excluding carboxylic acids is 2. The lowest BCUT2D eigenvalue weighted by Crippen LogP contribution is -2.50. The summed E-state index contributed by atoms with van der Waals surface area (Å²) in [5.41, 5.74) is 1.11. The fourth-order valence-corrected chi connectivity index (χ4v) is 4.89. The van der Waals surface area contributed by atoms with Crippen molar-refractivity contribution < 1.29 is 9.59 Å². The molecule has 2 amide bonds. The molecule has 3 rings (SSSR count). The minimum atomic E-state index is -0.747. The maximum Gasteiger partial charge on any atom is 0.267 e. The lowest BCUT2D eigenvalue weighted by Gasteiger charge is -2.34. The highest BCUT2D eigenvalue weighted by Crippen LogP contribution is 2.30. The summed E-state index contributed by atoms with van der Waals surface area (Å²) in [5, 5.41) is 5.97. The van der Waals surface area contributed by atoms with Gasteiger partial charge >= 0.3 is 0 Å². The van der Waals surface area contributed by atoms with Gasteiger partial charge in [-0.25, -0.2) is 4.98 Å². The number of benzene rings is 1. The Morgan fingerprint density at radius 2 is 1.84 bits per heavy atom. The quantitative estimate of drug-likeness (QED) is 0.487. The summed E-state index contributed by atoms with van der Waals surface area (Å²) in [7, 11) is 0. The summed E-state index contributed by atoms with van der Waals surface area (Å²) < 4.78 is 0. The summed E-state index contributed by atoms with van der Waals surface area (Å²) in [5.74, 6) is -0.350. The molecule has 5 nitrogen and oxygen atoms in total. The van der Waals surface area contributed by atoms with Crippen molar-refractivity contribution in [3.8, 4) is 0 Å². The van der Waals surface area contributed by atoms with Gasteiger partial charge in [0.15, 0.2) is 0 Å². The Hall–Kier alpha value is -2.51. The number of thiophene rings is 1. The van der Waals surface area contributed by atoms with Crippen LogP contribution in [0.1, 0.15) is 64.0 Å². The maximum atomic E-state index is 13.8. The first kappa shape index (κ1) is 23.2. The van der Waals surface area contributed by atoms with E-state index in [1.54, 1.807) is 16.2 Å². The van der Waals surface area contributed by atoms with Gasteiger partial charge in [0.2, 0.25) is 5.91 Å². The third-order valence-electron chi connectivity index (χ3n) is 5.29. The number of aromatic nitrogens is 1. The second-order valence-electron chi connectivity index (χ2n) is 8.20. The largest absolute Gasteiger partial charge is 0.349 e. The van der Waals surface area contributed by atoms with Crippen LogP contribution in [-0.4, -0.2) is 27.2 Å². The molecule has 2 heterocycles. The van der Waals surface area contributed by atoms with Gasteiger partial charge in [0.05, 0.1) is 17.2 Å².